The standard InChI is InChI=1S/C35H50N2O13/c1-19-11-9-7-5-4-6-8-10-12-23(48-34-32(43)30(37-21(3)38)31(42)20(2)47-34)16-27-29(33(36)44)24(40)18-35(45,50-27)17-22(39)15-26-25(49-26)13-14-28(41)46-19/h4-10,12-14,19-20,22-27,29-32,34,39-40,42-43,45H,11,15-18H2,1-3H3,(H2,36,44)(H,37,38)/b5-4+,8-6+,9-7+,12-10+,14-13+/t19?,20-,22?,23?,24?,25-,26-,27?,29?,30+,31-,32+,34+,35?/m1/s1. The molecule has 4 aliphatic heterocycles. The van der Waals surface area contributed by atoms with Crippen molar-refractivity contribution >= 4 is 17.8 Å². The number of aliphatic hydroxyl groups is 5. The van der Waals surface area contributed by atoms with Crippen molar-refractivity contribution in [2.75, 3.05) is 0 Å². The quantitative estimate of drug-likeness (QED) is 0.147. The highest BCUT2D eigenvalue weighted by atomic mass is 16.7. The van der Waals surface area contributed by atoms with Crippen LogP contribution in [0.1, 0.15) is 52.9 Å². The summed E-state index contributed by atoms with van der Waals surface area (Å²) in [7, 11) is 0. The first-order valence-electron chi connectivity index (χ1n) is 16.9. The largest absolute Gasteiger partial charge is 0.459 e. The molecular weight excluding hydrogens is 656 g/mol. The van der Waals surface area contributed by atoms with Gasteiger partial charge in [-0.25, -0.2) is 4.79 Å². The molecule has 0 spiro atoms. The Morgan fingerprint density at radius 3 is 2.34 bits per heavy atom. The molecule has 8 N–H and O–H groups in total. The molecule has 0 aromatic heterocycles. The number of cyclic esters (lactones) is 1. The van der Waals surface area contributed by atoms with Crippen molar-refractivity contribution in [1.82, 2.24) is 5.32 Å². The van der Waals surface area contributed by atoms with Crippen molar-refractivity contribution in [1.29, 1.82) is 0 Å². The number of rotatable bonds is 4. The van der Waals surface area contributed by atoms with E-state index in [0.717, 1.165) is 0 Å². The number of nitrogens with one attached hydrogen (secondary N) is 1. The Kier molecular flexibility index (Phi) is 14.1. The van der Waals surface area contributed by atoms with E-state index in [1.807, 2.05) is 6.08 Å². The van der Waals surface area contributed by atoms with Gasteiger partial charge in [0.25, 0.3) is 0 Å². The summed E-state index contributed by atoms with van der Waals surface area (Å²) in [4.78, 5) is 36.6. The van der Waals surface area contributed by atoms with E-state index < -0.39 is 103 Å². The summed E-state index contributed by atoms with van der Waals surface area (Å²) >= 11 is 0. The lowest BCUT2D eigenvalue weighted by atomic mass is 9.82. The topological polar surface area (TPSA) is 240 Å². The first-order valence-corrected chi connectivity index (χ1v) is 16.9. The molecule has 14 atom stereocenters. The number of esters is 1. The minimum atomic E-state index is -2.08. The van der Waals surface area contributed by atoms with Gasteiger partial charge in [-0.1, -0.05) is 48.6 Å². The second-order valence-corrected chi connectivity index (χ2v) is 13.3. The minimum absolute atomic E-state index is 0.0850. The van der Waals surface area contributed by atoms with Crippen LogP contribution in [0.15, 0.2) is 60.8 Å². The number of nitrogens with two attached hydrogens (primary N) is 1. The van der Waals surface area contributed by atoms with E-state index in [2.05, 4.69) is 5.32 Å². The molecular formula is C35H50N2O13. The monoisotopic (exact) mass is 706 g/mol. The lowest BCUT2D eigenvalue weighted by Gasteiger charge is -2.45. The second-order valence-electron chi connectivity index (χ2n) is 13.3. The molecule has 4 aliphatic rings. The highest BCUT2D eigenvalue weighted by Gasteiger charge is 2.51. The predicted molar refractivity (Wildman–Crippen MR) is 176 cm³/mol. The van der Waals surface area contributed by atoms with Gasteiger partial charge in [0.1, 0.15) is 24.4 Å². The molecule has 3 saturated heterocycles. The molecule has 0 aromatic rings. The van der Waals surface area contributed by atoms with Crippen LogP contribution in [-0.4, -0.2) is 122 Å². The van der Waals surface area contributed by atoms with Crippen molar-refractivity contribution < 1.29 is 63.6 Å². The lowest BCUT2D eigenvalue weighted by molar-refractivity contribution is -0.307. The van der Waals surface area contributed by atoms with Gasteiger partial charge in [-0.3, -0.25) is 9.59 Å². The number of aliphatic hydroxyl groups excluding tert-OH is 4. The highest BCUT2D eigenvalue weighted by molar-refractivity contribution is 5.82. The predicted octanol–water partition coefficient (Wildman–Crippen LogP) is -0.302. The summed E-state index contributed by atoms with van der Waals surface area (Å²) in [6.07, 6.45) is 5.26. The fraction of sp³-hybridized carbons (Fsp3) is 0.629. The zero-order valence-electron chi connectivity index (χ0n) is 28.4. The maximum atomic E-state index is 12.6. The maximum absolute atomic E-state index is 12.6. The molecule has 0 radical (unpaired) electrons. The summed E-state index contributed by atoms with van der Waals surface area (Å²) in [5, 5.41) is 57.5. The number of hydrogen-bond donors (Lipinski definition) is 7. The van der Waals surface area contributed by atoms with Gasteiger partial charge in [-0.2, -0.15) is 0 Å². The smallest absolute Gasteiger partial charge is 0.330 e. The normalized spacial score (nSPS) is 45.0. The van der Waals surface area contributed by atoms with Gasteiger partial charge in [0.15, 0.2) is 12.1 Å². The molecule has 0 aromatic carbocycles. The Morgan fingerprint density at radius 1 is 0.940 bits per heavy atom. The van der Waals surface area contributed by atoms with Crippen molar-refractivity contribution in [2.45, 2.75) is 132 Å². The number of carbonyl (C=O) groups is 3. The molecule has 15 heteroatoms. The Labute approximate surface area is 291 Å². The summed E-state index contributed by atoms with van der Waals surface area (Å²) in [5.41, 5.74) is 5.68. The van der Waals surface area contributed by atoms with Crippen LogP contribution in [0.2, 0.25) is 0 Å². The van der Waals surface area contributed by atoms with E-state index >= 15 is 0 Å². The number of allylic oxidation sites excluding steroid dienone is 6. The molecule has 4 rings (SSSR count). The van der Waals surface area contributed by atoms with E-state index in [0.29, 0.717) is 6.42 Å². The van der Waals surface area contributed by atoms with E-state index in [4.69, 9.17) is 29.4 Å². The van der Waals surface area contributed by atoms with E-state index in [-0.39, 0.29) is 25.4 Å². The van der Waals surface area contributed by atoms with Gasteiger partial charge < -0.3 is 60.3 Å². The lowest BCUT2D eigenvalue weighted by Crippen LogP contribution is -2.64. The number of carbonyl (C=O) groups excluding carboxylic acids is 3. The number of hydrogen-bond acceptors (Lipinski definition) is 13. The van der Waals surface area contributed by atoms with Crippen LogP contribution in [0.4, 0.5) is 0 Å². The van der Waals surface area contributed by atoms with Gasteiger partial charge in [-0.05, 0) is 19.9 Å². The van der Waals surface area contributed by atoms with Crippen molar-refractivity contribution in [2.24, 2.45) is 11.7 Å². The summed E-state index contributed by atoms with van der Waals surface area (Å²) in [6, 6.07) is -1.11. The molecule has 0 aliphatic carbocycles. The van der Waals surface area contributed by atoms with Gasteiger partial charge >= 0.3 is 5.97 Å². The average Bonchev–Trinajstić information content (AvgIpc) is 3.75. The summed E-state index contributed by atoms with van der Waals surface area (Å²) in [5.74, 6) is -5.25. The Hall–Kier alpha value is -3.25. The van der Waals surface area contributed by atoms with Crippen LogP contribution in [-0.2, 0) is 38.1 Å². The third kappa shape index (κ3) is 11.4. The SMILES string of the molecule is CC(=O)N[C@@H]1[C@H](O)[C@H](OC2/C=C/C=C/C=C/C=C/CC(C)OC(=O)/C=C/[C@H]3O[C@@H]3CC(O)CC3(O)CC(O)C(C(N)=O)C(C2)O3)O[C@H](C)[C@H]1O. The molecule has 0 saturated carbocycles. The van der Waals surface area contributed by atoms with Crippen LogP contribution in [0.25, 0.3) is 0 Å². The summed E-state index contributed by atoms with van der Waals surface area (Å²) in [6.45, 7) is 4.56. The molecule has 4 heterocycles. The fourth-order valence-electron chi connectivity index (χ4n) is 6.43. The van der Waals surface area contributed by atoms with E-state index in [9.17, 15) is 39.9 Å². The third-order valence-corrected chi connectivity index (χ3v) is 8.94. The van der Waals surface area contributed by atoms with Gasteiger partial charge in [0, 0.05) is 45.1 Å². The van der Waals surface area contributed by atoms with Crippen molar-refractivity contribution in [3.8, 4) is 0 Å². The Balaban J connectivity index is 1.60. The van der Waals surface area contributed by atoms with Crippen LogP contribution in [0, 0.1) is 5.92 Å². The zero-order valence-corrected chi connectivity index (χ0v) is 28.4. The molecule has 15 nitrogen and oxygen atoms in total. The van der Waals surface area contributed by atoms with Crippen molar-refractivity contribution in [3.05, 3.63) is 60.8 Å². The maximum Gasteiger partial charge on any atom is 0.330 e. The highest BCUT2D eigenvalue weighted by Crippen LogP contribution is 2.39. The number of primary amides is 1. The third-order valence-electron chi connectivity index (χ3n) is 8.94. The molecule has 3 fully saturated rings. The first-order chi connectivity index (χ1) is 23.7. The number of ether oxygens (including phenoxy) is 5. The zero-order chi connectivity index (χ0) is 36.6. The summed E-state index contributed by atoms with van der Waals surface area (Å²) < 4.78 is 28.9. The molecule has 7 unspecified atom stereocenters. The first kappa shape index (κ1) is 39.5. The van der Waals surface area contributed by atoms with Crippen LogP contribution in [0.3, 0.4) is 0 Å². The molecule has 2 bridgehead atoms. The van der Waals surface area contributed by atoms with Crippen LogP contribution in [0.5, 0.6) is 0 Å². The Bertz CT molecular complexity index is 1330. The molecule has 278 valence electrons. The van der Waals surface area contributed by atoms with E-state index in [1.54, 1.807) is 62.5 Å². The van der Waals surface area contributed by atoms with Gasteiger partial charge in [-0.15, -0.1) is 0 Å². The fourth-order valence-corrected chi connectivity index (χ4v) is 6.43. The van der Waals surface area contributed by atoms with Crippen LogP contribution >= 0.6 is 0 Å². The van der Waals surface area contributed by atoms with Gasteiger partial charge in [0.2, 0.25) is 11.8 Å². The second kappa shape index (κ2) is 17.8. The molecule has 2 amide bonds. The number of amides is 2. The van der Waals surface area contributed by atoms with E-state index in [1.165, 1.54) is 13.0 Å². The Morgan fingerprint density at radius 2 is 1.64 bits per heavy atom. The number of epoxide rings is 1. The van der Waals surface area contributed by atoms with Crippen molar-refractivity contribution in [3.63, 3.8) is 0 Å². The van der Waals surface area contributed by atoms with Crippen LogP contribution < -0.4 is 11.1 Å². The number of fused-ring (bicyclic) bond motifs is 3. The average molecular weight is 707 g/mol. The molecule has 50 heavy (non-hydrogen) atoms. The van der Waals surface area contributed by atoms with Gasteiger partial charge in [0.05, 0.1) is 48.6 Å². The minimum Gasteiger partial charge on any atom is -0.459 e.